The van der Waals surface area contributed by atoms with Crippen LogP contribution in [0.1, 0.15) is 0 Å². The first kappa shape index (κ1) is 42.9. The lowest BCUT2D eigenvalue weighted by Crippen LogP contribution is -2.02. The predicted molar refractivity (Wildman–Crippen MR) is 307 cm³/mol. The van der Waals surface area contributed by atoms with Crippen LogP contribution in [0.2, 0.25) is 0 Å². The van der Waals surface area contributed by atoms with Crippen molar-refractivity contribution in [3.05, 3.63) is 273 Å². The van der Waals surface area contributed by atoms with Crippen molar-refractivity contribution in [1.82, 2.24) is 24.1 Å². The third-order valence-electron chi connectivity index (χ3n) is 14.4. The zero-order chi connectivity index (χ0) is 49.0. The van der Waals surface area contributed by atoms with Crippen LogP contribution in [0.5, 0.6) is 0 Å². The molecule has 346 valence electrons. The molecule has 0 fully saturated rings. The normalized spacial score (nSPS) is 11.5. The highest BCUT2D eigenvalue weighted by Gasteiger charge is 2.21. The summed E-state index contributed by atoms with van der Waals surface area (Å²) in [4.78, 5) is 16.2. The second-order valence-electron chi connectivity index (χ2n) is 18.8. The Balaban J connectivity index is 0.989. The summed E-state index contributed by atoms with van der Waals surface area (Å²) in [5.74, 6) is 1.76. The number of hydrogen-bond donors (Lipinski definition) is 0. The summed E-state index contributed by atoms with van der Waals surface area (Å²) in [6.07, 6.45) is 0. The van der Waals surface area contributed by atoms with Crippen LogP contribution in [-0.2, 0) is 0 Å². The van der Waals surface area contributed by atoms with Gasteiger partial charge >= 0.3 is 0 Å². The van der Waals surface area contributed by atoms with Crippen LogP contribution in [0.4, 0.5) is 0 Å². The molecule has 5 heteroatoms. The minimum atomic E-state index is 0.583. The van der Waals surface area contributed by atoms with Crippen LogP contribution in [-0.4, -0.2) is 24.1 Å². The molecule has 0 aliphatic carbocycles. The fourth-order valence-electron chi connectivity index (χ4n) is 10.9. The molecule has 0 radical (unpaired) electrons. The molecule has 14 rings (SSSR count). The van der Waals surface area contributed by atoms with Gasteiger partial charge in [-0.1, -0.05) is 218 Å². The number of fused-ring (bicyclic) bond motifs is 6. The minimum absolute atomic E-state index is 0.583. The van der Waals surface area contributed by atoms with E-state index in [1.165, 1.54) is 21.5 Å². The molecule has 0 spiro atoms. The van der Waals surface area contributed by atoms with Gasteiger partial charge in [0.05, 0.1) is 33.4 Å². The molecular formula is C69H45N5. The van der Waals surface area contributed by atoms with E-state index < -0.39 is 0 Å². The molecule has 74 heavy (non-hydrogen) atoms. The zero-order valence-corrected chi connectivity index (χ0v) is 40.2. The van der Waals surface area contributed by atoms with Crippen molar-refractivity contribution < 1.29 is 0 Å². The van der Waals surface area contributed by atoms with E-state index in [1.807, 2.05) is 6.07 Å². The van der Waals surface area contributed by atoms with E-state index in [0.717, 1.165) is 94.6 Å². The van der Waals surface area contributed by atoms with Gasteiger partial charge < -0.3 is 9.13 Å². The number of rotatable bonds is 9. The Morgan fingerprint density at radius 3 is 1.05 bits per heavy atom. The van der Waals surface area contributed by atoms with Crippen molar-refractivity contribution in [2.24, 2.45) is 0 Å². The molecular weight excluding hydrogens is 899 g/mol. The highest BCUT2D eigenvalue weighted by atomic mass is 15.0. The maximum Gasteiger partial charge on any atom is 0.164 e. The summed E-state index contributed by atoms with van der Waals surface area (Å²) >= 11 is 0. The first-order chi connectivity index (χ1) is 36.7. The van der Waals surface area contributed by atoms with Gasteiger partial charge in [-0.05, 0) is 88.0 Å². The van der Waals surface area contributed by atoms with Crippen molar-refractivity contribution in [3.63, 3.8) is 0 Å². The van der Waals surface area contributed by atoms with Crippen molar-refractivity contribution in [3.8, 4) is 90.0 Å². The van der Waals surface area contributed by atoms with Gasteiger partial charge in [0.25, 0.3) is 0 Å². The molecule has 3 heterocycles. The van der Waals surface area contributed by atoms with Gasteiger partial charge in [0, 0.05) is 49.4 Å². The second-order valence-corrected chi connectivity index (χ2v) is 18.8. The highest BCUT2D eigenvalue weighted by Crippen LogP contribution is 2.41. The van der Waals surface area contributed by atoms with Crippen LogP contribution in [0.25, 0.3) is 134 Å². The third kappa shape index (κ3) is 7.46. The third-order valence-corrected chi connectivity index (χ3v) is 14.4. The van der Waals surface area contributed by atoms with Gasteiger partial charge in [-0.15, -0.1) is 0 Å². The fraction of sp³-hybridized carbons (Fsp3) is 0. The number of hydrogen-bond acceptors (Lipinski definition) is 3. The smallest absolute Gasteiger partial charge is 0.164 e. The lowest BCUT2D eigenvalue weighted by Gasteiger charge is -2.17. The first-order valence-electron chi connectivity index (χ1n) is 25.1. The van der Waals surface area contributed by atoms with Gasteiger partial charge in [0.1, 0.15) is 0 Å². The van der Waals surface area contributed by atoms with Gasteiger partial charge in [0.2, 0.25) is 0 Å². The lowest BCUT2D eigenvalue weighted by molar-refractivity contribution is 1.07. The molecule has 0 amide bonds. The Hall–Kier alpha value is -9.97. The molecule has 0 bridgehead atoms. The SMILES string of the molecule is c1ccc(-c2cccc(-c3nc(-c4cccc(-c5cc(-c6ccccc6)ccc5-n5c6ccccc6c6ccccc65)c4)nc(-c4ccc(-c5ccccc5)c(-n5c6ccccc6c6ccccc65)c4)n3)c2)cc1. The van der Waals surface area contributed by atoms with E-state index in [-0.39, 0.29) is 0 Å². The number of para-hydroxylation sites is 4. The van der Waals surface area contributed by atoms with E-state index in [0.29, 0.717) is 17.5 Å². The van der Waals surface area contributed by atoms with Crippen LogP contribution >= 0.6 is 0 Å². The van der Waals surface area contributed by atoms with Crippen LogP contribution < -0.4 is 0 Å². The molecule has 0 atom stereocenters. The quantitative estimate of drug-likeness (QED) is 0.145. The van der Waals surface area contributed by atoms with Gasteiger partial charge in [-0.2, -0.15) is 0 Å². The lowest BCUT2D eigenvalue weighted by atomic mass is 9.96. The Bertz CT molecular complexity index is 4310. The first-order valence-corrected chi connectivity index (χ1v) is 25.1. The van der Waals surface area contributed by atoms with Gasteiger partial charge in [0.15, 0.2) is 17.5 Å². The molecule has 3 aromatic heterocycles. The molecule has 0 unspecified atom stereocenters. The Morgan fingerprint density at radius 1 is 0.203 bits per heavy atom. The number of nitrogens with zero attached hydrogens (tertiary/aromatic N) is 5. The fourth-order valence-corrected chi connectivity index (χ4v) is 10.9. The zero-order valence-electron chi connectivity index (χ0n) is 40.2. The Morgan fingerprint density at radius 2 is 0.554 bits per heavy atom. The Labute approximate surface area is 428 Å². The molecule has 0 saturated carbocycles. The highest BCUT2D eigenvalue weighted by molar-refractivity contribution is 6.11. The van der Waals surface area contributed by atoms with Crippen molar-refractivity contribution in [1.29, 1.82) is 0 Å². The summed E-state index contributed by atoms with van der Waals surface area (Å²) in [7, 11) is 0. The average molecular weight is 944 g/mol. The van der Waals surface area contributed by atoms with Crippen molar-refractivity contribution in [2.75, 3.05) is 0 Å². The minimum Gasteiger partial charge on any atom is -0.309 e. The summed E-state index contributed by atoms with van der Waals surface area (Å²) in [6, 6.07) is 97.2. The van der Waals surface area contributed by atoms with Crippen molar-refractivity contribution in [2.45, 2.75) is 0 Å². The number of benzene rings is 11. The van der Waals surface area contributed by atoms with Gasteiger partial charge in [-0.25, -0.2) is 15.0 Å². The second kappa shape index (κ2) is 18.0. The molecule has 0 aliphatic heterocycles. The van der Waals surface area contributed by atoms with Crippen LogP contribution in [0.3, 0.4) is 0 Å². The predicted octanol–water partition coefficient (Wildman–Crippen LogP) is 17.7. The van der Waals surface area contributed by atoms with Crippen LogP contribution in [0, 0.1) is 0 Å². The molecule has 0 N–H and O–H groups in total. The van der Waals surface area contributed by atoms with E-state index in [9.17, 15) is 0 Å². The molecule has 0 saturated heterocycles. The molecule has 11 aromatic carbocycles. The van der Waals surface area contributed by atoms with E-state index in [4.69, 9.17) is 15.0 Å². The maximum atomic E-state index is 5.45. The summed E-state index contributed by atoms with van der Waals surface area (Å²) in [5.41, 5.74) is 18.2. The average Bonchev–Trinajstić information content (AvgIpc) is 4.03. The Kier molecular flexibility index (Phi) is 10.4. The molecule has 0 aliphatic rings. The largest absolute Gasteiger partial charge is 0.309 e. The molecule has 5 nitrogen and oxygen atoms in total. The monoisotopic (exact) mass is 943 g/mol. The van der Waals surface area contributed by atoms with Crippen molar-refractivity contribution >= 4 is 43.6 Å². The number of aromatic nitrogens is 5. The van der Waals surface area contributed by atoms with Gasteiger partial charge in [-0.3, -0.25) is 0 Å². The van der Waals surface area contributed by atoms with E-state index in [2.05, 4.69) is 276 Å². The standard InChI is InChI=1S/C69H45N5/c1-4-20-46(21-5-1)49-26-18-28-52(42-49)67-70-68(72-69(71-67)54-38-40-55(48-24-8-3-9-25-48)66(45-54)74-63-36-16-12-32-58(63)59-33-13-17-37-64(59)74)53-29-19-27-51(43-53)60-44-50(47-22-6-2-7-23-47)39-41-65(60)73-61-34-14-10-30-56(61)57-31-11-15-35-62(57)73/h1-45H. The molecule has 14 aromatic rings. The summed E-state index contributed by atoms with van der Waals surface area (Å²) < 4.78 is 4.80. The summed E-state index contributed by atoms with van der Waals surface area (Å²) in [6.45, 7) is 0. The van der Waals surface area contributed by atoms with E-state index in [1.54, 1.807) is 0 Å². The van der Waals surface area contributed by atoms with Crippen LogP contribution in [0.15, 0.2) is 273 Å². The maximum absolute atomic E-state index is 5.45. The topological polar surface area (TPSA) is 48.5 Å². The summed E-state index contributed by atoms with van der Waals surface area (Å²) in [5, 5.41) is 4.83. The van der Waals surface area contributed by atoms with E-state index >= 15 is 0 Å².